The highest BCUT2D eigenvalue weighted by atomic mass is 16.5. The number of benzene rings is 4. The van der Waals surface area contributed by atoms with Crippen LogP contribution in [-0.2, 0) is 28.5 Å². The molecule has 6 atom stereocenters. The normalized spacial score (nSPS) is 15.4. The second-order valence-corrected chi connectivity index (χ2v) is 18.3. The van der Waals surface area contributed by atoms with Gasteiger partial charge in [0.1, 0.15) is 36.4 Å². The van der Waals surface area contributed by atoms with Crippen LogP contribution in [-0.4, -0.2) is 85.2 Å². The van der Waals surface area contributed by atoms with Crippen LogP contribution >= 0.6 is 0 Å². The quantitative estimate of drug-likeness (QED) is 0.0467. The number of hydrogen-bond donors (Lipinski definition) is 0. The maximum Gasteiger partial charge on any atom is 0.201 e. The molecule has 0 N–H and O–H groups in total. The minimum Gasteiger partial charge on any atom is -0.486 e. The molecule has 0 amide bonds. The van der Waals surface area contributed by atoms with Crippen LogP contribution in [0, 0.1) is 5.41 Å². The fourth-order valence-electron chi connectivity index (χ4n) is 7.42. The van der Waals surface area contributed by atoms with Gasteiger partial charge in [-0.25, -0.2) is 0 Å². The second-order valence-electron chi connectivity index (χ2n) is 18.3. The van der Waals surface area contributed by atoms with Gasteiger partial charge in [-0.05, 0) is 108 Å². The molecule has 0 aliphatic heterocycles. The van der Waals surface area contributed by atoms with Crippen molar-refractivity contribution in [3.05, 3.63) is 131 Å². The van der Waals surface area contributed by atoms with Crippen molar-refractivity contribution in [1.29, 1.82) is 0 Å². The lowest BCUT2D eigenvalue weighted by Gasteiger charge is -2.38. The van der Waals surface area contributed by atoms with Gasteiger partial charge < -0.3 is 28.4 Å². The number of Topliss-reactive ketones (excluding diaryl/α,β-unsaturated/α-hetero) is 2. The van der Waals surface area contributed by atoms with E-state index in [1.54, 1.807) is 72.8 Å². The first-order chi connectivity index (χ1) is 30.9. The Bertz CT molecular complexity index is 2080. The maximum atomic E-state index is 13.5. The Balaban J connectivity index is 1.19. The molecule has 0 fully saturated rings. The van der Waals surface area contributed by atoms with E-state index in [1.165, 1.54) is 0 Å². The third-order valence-corrected chi connectivity index (χ3v) is 11.9. The Morgan fingerprint density at radius 1 is 0.569 bits per heavy atom. The van der Waals surface area contributed by atoms with Crippen molar-refractivity contribution in [2.45, 2.75) is 143 Å². The topological polar surface area (TPSA) is 124 Å². The molecule has 4 aromatic rings. The summed E-state index contributed by atoms with van der Waals surface area (Å²) >= 11 is 0. The van der Waals surface area contributed by atoms with Gasteiger partial charge in [-0.3, -0.25) is 19.2 Å². The first-order valence-electron chi connectivity index (χ1n) is 23.2. The molecule has 0 aliphatic carbocycles. The number of ketones is 4. The molecule has 0 heterocycles. The van der Waals surface area contributed by atoms with Crippen molar-refractivity contribution in [3.63, 3.8) is 0 Å². The van der Waals surface area contributed by atoms with E-state index in [-0.39, 0.29) is 60.1 Å². The van der Waals surface area contributed by atoms with E-state index in [2.05, 4.69) is 34.6 Å². The highest BCUT2D eigenvalue weighted by Crippen LogP contribution is 2.31. The van der Waals surface area contributed by atoms with Gasteiger partial charge in [0.05, 0.1) is 37.1 Å². The zero-order valence-corrected chi connectivity index (χ0v) is 40.4. The van der Waals surface area contributed by atoms with Gasteiger partial charge >= 0.3 is 0 Å². The zero-order valence-electron chi connectivity index (χ0n) is 40.4. The molecular weight excluding hydrogens is 821 g/mol. The van der Waals surface area contributed by atoms with Gasteiger partial charge in [0.2, 0.25) is 5.78 Å². The first kappa shape index (κ1) is 52.6. The second kappa shape index (κ2) is 25.1. The summed E-state index contributed by atoms with van der Waals surface area (Å²) < 4.78 is 37.5. The number of rotatable bonds is 30. The molecule has 352 valence electrons. The minimum atomic E-state index is -1.06. The van der Waals surface area contributed by atoms with Gasteiger partial charge in [-0.1, -0.05) is 102 Å². The van der Waals surface area contributed by atoms with Gasteiger partial charge in [0.15, 0.2) is 17.3 Å². The highest BCUT2D eigenvalue weighted by Gasteiger charge is 2.37. The van der Waals surface area contributed by atoms with Crippen LogP contribution in [0.5, 0.6) is 11.5 Å². The largest absolute Gasteiger partial charge is 0.486 e. The van der Waals surface area contributed by atoms with E-state index < -0.39 is 17.3 Å². The van der Waals surface area contributed by atoms with E-state index in [4.69, 9.17) is 28.4 Å². The van der Waals surface area contributed by atoms with Gasteiger partial charge in [-0.2, -0.15) is 0 Å². The Labute approximate surface area is 387 Å². The first-order valence-corrected chi connectivity index (χ1v) is 23.2. The lowest BCUT2D eigenvalue weighted by Crippen LogP contribution is -2.45. The minimum absolute atomic E-state index is 0.0742. The smallest absolute Gasteiger partial charge is 0.201 e. The van der Waals surface area contributed by atoms with Gasteiger partial charge in [0, 0.05) is 34.1 Å². The van der Waals surface area contributed by atoms with Crippen LogP contribution in [0.15, 0.2) is 109 Å². The average molecular weight is 893 g/mol. The summed E-state index contributed by atoms with van der Waals surface area (Å²) in [6.07, 6.45) is 2.52. The zero-order chi connectivity index (χ0) is 47.6. The van der Waals surface area contributed by atoms with E-state index in [0.29, 0.717) is 72.6 Å². The number of ether oxygens (including phenoxy) is 6. The fourth-order valence-corrected chi connectivity index (χ4v) is 7.42. The Morgan fingerprint density at radius 3 is 1.52 bits per heavy atom. The van der Waals surface area contributed by atoms with Crippen molar-refractivity contribution in [3.8, 4) is 11.5 Å². The molecule has 4 aromatic carbocycles. The van der Waals surface area contributed by atoms with E-state index in [1.807, 2.05) is 71.0 Å². The van der Waals surface area contributed by atoms with Crippen LogP contribution in [0.1, 0.15) is 140 Å². The SMILES string of the molecule is CCC(CC(C)OC(CC)C(=O)COc1ccc(C(=O)c2ccccc2)cc1)OCC(C)(C)COC(C)(CC)CC(C)OC(C)(CC)C(=O)COc1ccc(C(=O)c2ccccc2)cc1. The average Bonchev–Trinajstić information content (AvgIpc) is 3.32. The van der Waals surface area contributed by atoms with E-state index in [9.17, 15) is 19.2 Å². The molecule has 0 radical (unpaired) electrons. The molecule has 0 spiro atoms. The molecule has 65 heavy (non-hydrogen) atoms. The monoisotopic (exact) mass is 893 g/mol. The Kier molecular flexibility index (Phi) is 20.3. The van der Waals surface area contributed by atoms with E-state index >= 15 is 0 Å². The Morgan fingerprint density at radius 2 is 1.06 bits per heavy atom. The summed E-state index contributed by atoms with van der Waals surface area (Å²) in [4.78, 5) is 52.2. The predicted octanol–water partition coefficient (Wildman–Crippen LogP) is 11.3. The van der Waals surface area contributed by atoms with Crippen molar-refractivity contribution < 1.29 is 47.6 Å². The van der Waals surface area contributed by atoms with Crippen molar-refractivity contribution in [1.82, 2.24) is 0 Å². The number of hydrogen-bond acceptors (Lipinski definition) is 10. The molecule has 4 rings (SSSR count). The lowest BCUT2D eigenvalue weighted by molar-refractivity contribution is -0.162. The highest BCUT2D eigenvalue weighted by molar-refractivity contribution is 6.09. The summed E-state index contributed by atoms with van der Waals surface area (Å²) in [5, 5.41) is 0. The molecule has 10 nitrogen and oxygen atoms in total. The molecule has 10 heteroatoms. The molecule has 6 unspecified atom stereocenters. The van der Waals surface area contributed by atoms with Crippen molar-refractivity contribution in [2.75, 3.05) is 26.4 Å². The summed E-state index contributed by atoms with van der Waals surface area (Å²) in [5.74, 6) is 0.543. The molecule has 0 saturated heterocycles. The van der Waals surface area contributed by atoms with Crippen LogP contribution in [0.2, 0.25) is 0 Å². The van der Waals surface area contributed by atoms with E-state index in [0.717, 1.165) is 12.8 Å². The Hall–Kier alpha value is -5.00. The summed E-state index contributed by atoms with van der Waals surface area (Å²) in [5.41, 5.74) is 0.447. The van der Waals surface area contributed by atoms with Crippen LogP contribution < -0.4 is 9.47 Å². The summed E-state index contributed by atoms with van der Waals surface area (Å²) in [7, 11) is 0. The maximum absolute atomic E-state index is 13.5. The fraction of sp³-hybridized carbons (Fsp3) is 0.491. The van der Waals surface area contributed by atoms with Gasteiger partial charge in [0.25, 0.3) is 0 Å². The molecule has 0 aliphatic rings. The molecule has 0 aromatic heterocycles. The third kappa shape index (κ3) is 16.4. The summed E-state index contributed by atoms with van der Waals surface area (Å²) in [6, 6.07) is 31.8. The molecule has 0 saturated carbocycles. The number of carbonyl (C=O) groups is 4. The summed E-state index contributed by atoms with van der Waals surface area (Å²) in [6.45, 7) is 20.7. The third-order valence-electron chi connectivity index (χ3n) is 11.9. The lowest BCUT2D eigenvalue weighted by atomic mass is 9.91. The van der Waals surface area contributed by atoms with Crippen LogP contribution in [0.3, 0.4) is 0 Å². The molecule has 0 bridgehead atoms. The molecular formula is C55H72O10. The van der Waals surface area contributed by atoms with Crippen molar-refractivity contribution >= 4 is 23.1 Å². The van der Waals surface area contributed by atoms with Crippen LogP contribution in [0.25, 0.3) is 0 Å². The number of carbonyl (C=O) groups excluding carboxylic acids is 4. The van der Waals surface area contributed by atoms with Crippen molar-refractivity contribution in [2.24, 2.45) is 5.41 Å². The predicted molar refractivity (Wildman–Crippen MR) is 255 cm³/mol. The van der Waals surface area contributed by atoms with Gasteiger partial charge in [-0.15, -0.1) is 0 Å². The standard InChI is InChI=1S/C55H72O10/c1-11-45(33-39(5)64-49(12-2)48(56)35-60-46-29-25-43(26-30-46)51(58)41-21-17-15-18-22-41)62-37-53(7,8)38-63-54(9,13-3)34-40(6)65-55(10,14-4)50(57)36-61-47-31-27-44(28-32-47)52(59)42-23-19-16-20-24-42/h15-32,39-40,45,49H,11-14,33-38H2,1-10H3. The van der Waals surface area contributed by atoms with Crippen LogP contribution in [0.4, 0.5) is 0 Å².